The van der Waals surface area contributed by atoms with Crippen LogP contribution in [0.4, 0.5) is 5.69 Å². The summed E-state index contributed by atoms with van der Waals surface area (Å²) in [5.41, 5.74) is 4.10. The number of nitrogens with one attached hydrogen (secondary N) is 1. The first-order valence-electron chi connectivity index (χ1n) is 6.94. The lowest BCUT2D eigenvalue weighted by Crippen LogP contribution is -2.08. The van der Waals surface area contributed by atoms with E-state index in [2.05, 4.69) is 46.1 Å². The highest BCUT2D eigenvalue weighted by Gasteiger charge is 2.17. The molecule has 1 aromatic carbocycles. The molecule has 4 heteroatoms. The van der Waals surface area contributed by atoms with Crippen LogP contribution < -0.4 is 5.32 Å². The van der Waals surface area contributed by atoms with Crippen LogP contribution >= 0.6 is 15.9 Å². The second-order valence-corrected chi connectivity index (χ2v) is 6.03. The van der Waals surface area contributed by atoms with Crippen LogP contribution in [0.5, 0.6) is 0 Å². The molecule has 0 aliphatic heterocycles. The Balaban J connectivity index is 1.93. The molecule has 1 atom stereocenters. The fourth-order valence-corrected chi connectivity index (χ4v) is 2.99. The monoisotopic (exact) mass is 344 g/mol. The maximum absolute atomic E-state index is 6.00. The van der Waals surface area contributed by atoms with Crippen LogP contribution in [-0.2, 0) is 0 Å². The minimum Gasteiger partial charge on any atom is -0.459 e. The van der Waals surface area contributed by atoms with Gasteiger partial charge in [-0.1, -0.05) is 18.2 Å². The summed E-state index contributed by atoms with van der Waals surface area (Å²) in [6.07, 6.45) is 0. The number of hydrogen-bond acceptors (Lipinski definition) is 3. The Morgan fingerprint density at radius 3 is 2.62 bits per heavy atom. The van der Waals surface area contributed by atoms with E-state index < -0.39 is 0 Å². The number of para-hydroxylation sites is 1. The molecule has 0 saturated carbocycles. The molecule has 3 rings (SSSR count). The molecule has 21 heavy (non-hydrogen) atoms. The number of aryl methyl sites for hydroxylation is 2. The van der Waals surface area contributed by atoms with Crippen molar-refractivity contribution in [3.8, 4) is 0 Å². The maximum atomic E-state index is 6.00. The van der Waals surface area contributed by atoms with Crippen molar-refractivity contribution in [2.75, 3.05) is 5.32 Å². The molecule has 0 spiro atoms. The Labute approximate surface area is 132 Å². The van der Waals surface area contributed by atoms with E-state index in [4.69, 9.17) is 4.42 Å². The summed E-state index contributed by atoms with van der Waals surface area (Å²) < 4.78 is 6.85. The van der Waals surface area contributed by atoms with Crippen LogP contribution in [0.1, 0.15) is 30.0 Å². The molecule has 0 saturated heterocycles. The summed E-state index contributed by atoms with van der Waals surface area (Å²) in [6.45, 7) is 6.20. The lowest BCUT2D eigenvalue weighted by molar-refractivity contribution is 0.522. The lowest BCUT2D eigenvalue weighted by atomic mass is 10.1. The second-order valence-electron chi connectivity index (χ2n) is 5.22. The molecule has 3 aromatic rings. The van der Waals surface area contributed by atoms with E-state index >= 15 is 0 Å². The standard InChI is InChI=1S/C17H17BrN2O/c1-10-13-6-4-5-7-15(13)21-17(10)12(3)19-14-8-9-16(18)20-11(14)2/h4-9,12,19H,1-3H3. The number of furan rings is 1. The van der Waals surface area contributed by atoms with Crippen LogP contribution in [-0.4, -0.2) is 4.98 Å². The molecule has 108 valence electrons. The van der Waals surface area contributed by atoms with E-state index in [1.165, 1.54) is 10.9 Å². The summed E-state index contributed by atoms with van der Waals surface area (Å²) in [7, 11) is 0. The molecule has 3 nitrogen and oxygen atoms in total. The van der Waals surface area contributed by atoms with Crippen LogP contribution in [0.2, 0.25) is 0 Å². The highest BCUT2D eigenvalue weighted by molar-refractivity contribution is 9.10. The van der Waals surface area contributed by atoms with Gasteiger partial charge in [-0.25, -0.2) is 4.98 Å². The molecule has 1 unspecified atom stereocenters. The minimum atomic E-state index is 0.0825. The van der Waals surface area contributed by atoms with Gasteiger partial charge in [0.15, 0.2) is 0 Å². The van der Waals surface area contributed by atoms with Crippen LogP contribution in [0.15, 0.2) is 45.4 Å². The topological polar surface area (TPSA) is 38.1 Å². The molecule has 2 heterocycles. The molecule has 0 fully saturated rings. The van der Waals surface area contributed by atoms with Gasteiger partial charge in [0.2, 0.25) is 0 Å². The number of benzene rings is 1. The average Bonchev–Trinajstić information content (AvgIpc) is 2.80. The first-order chi connectivity index (χ1) is 10.1. The van der Waals surface area contributed by atoms with Crippen molar-refractivity contribution in [1.82, 2.24) is 4.98 Å². The predicted octanol–water partition coefficient (Wildman–Crippen LogP) is 5.38. The number of pyridine rings is 1. The number of aromatic nitrogens is 1. The summed E-state index contributed by atoms with van der Waals surface area (Å²) in [6, 6.07) is 12.2. The molecule has 0 bridgehead atoms. The van der Waals surface area contributed by atoms with Crippen molar-refractivity contribution in [3.05, 3.63) is 58.0 Å². The van der Waals surface area contributed by atoms with Crippen molar-refractivity contribution < 1.29 is 4.42 Å². The van der Waals surface area contributed by atoms with E-state index in [0.29, 0.717) is 0 Å². The van der Waals surface area contributed by atoms with Gasteiger partial charge in [-0.2, -0.15) is 0 Å². The van der Waals surface area contributed by atoms with Gasteiger partial charge in [-0.05, 0) is 54.9 Å². The van der Waals surface area contributed by atoms with Gasteiger partial charge in [0, 0.05) is 10.9 Å². The molecule has 1 N–H and O–H groups in total. The van der Waals surface area contributed by atoms with Gasteiger partial charge in [0.25, 0.3) is 0 Å². The largest absolute Gasteiger partial charge is 0.459 e. The van der Waals surface area contributed by atoms with E-state index in [-0.39, 0.29) is 6.04 Å². The lowest BCUT2D eigenvalue weighted by Gasteiger charge is -2.15. The zero-order chi connectivity index (χ0) is 15.0. The Hall–Kier alpha value is -1.81. The highest BCUT2D eigenvalue weighted by atomic mass is 79.9. The summed E-state index contributed by atoms with van der Waals surface area (Å²) in [5, 5.41) is 4.65. The average molecular weight is 345 g/mol. The van der Waals surface area contributed by atoms with Crippen molar-refractivity contribution >= 4 is 32.6 Å². The first-order valence-corrected chi connectivity index (χ1v) is 7.73. The molecule has 0 aliphatic rings. The van der Waals surface area contributed by atoms with Crippen molar-refractivity contribution in [2.24, 2.45) is 0 Å². The van der Waals surface area contributed by atoms with E-state index in [1.807, 2.05) is 37.3 Å². The number of nitrogens with zero attached hydrogens (tertiary/aromatic N) is 1. The van der Waals surface area contributed by atoms with Crippen LogP contribution in [0.3, 0.4) is 0 Å². The summed E-state index contributed by atoms with van der Waals surface area (Å²) >= 11 is 3.38. The van der Waals surface area contributed by atoms with Gasteiger partial charge < -0.3 is 9.73 Å². The molecule has 0 amide bonds. The predicted molar refractivity (Wildman–Crippen MR) is 89.7 cm³/mol. The molecule has 0 radical (unpaired) electrons. The molecule has 0 aliphatic carbocycles. The third-order valence-corrected chi connectivity index (χ3v) is 4.14. The van der Waals surface area contributed by atoms with Gasteiger partial charge in [-0.3, -0.25) is 0 Å². The first kappa shape index (κ1) is 14.1. The Morgan fingerprint density at radius 1 is 1.14 bits per heavy atom. The van der Waals surface area contributed by atoms with Gasteiger partial charge in [-0.15, -0.1) is 0 Å². The Morgan fingerprint density at radius 2 is 1.90 bits per heavy atom. The Bertz CT molecular complexity index is 795. The minimum absolute atomic E-state index is 0.0825. The van der Waals surface area contributed by atoms with E-state index in [0.717, 1.165) is 27.3 Å². The van der Waals surface area contributed by atoms with Crippen LogP contribution in [0.25, 0.3) is 11.0 Å². The number of anilines is 1. The van der Waals surface area contributed by atoms with Crippen molar-refractivity contribution in [3.63, 3.8) is 0 Å². The Kier molecular flexibility index (Phi) is 3.72. The zero-order valence-corrected chi connectivity index (χ0v) is 13.9. The maximum Gasteiger partial charge on any atom is 0.134 e. The fourth-order valence-electron chi connectivity index (χ4n) is 2.59. The molecular formula is C17H17BrN2O. The zero-order valence-electron chi connectivity index (χ0n) is 12.3. The summed E-state index contributed by atoms with van der Waals surface area (Å²) in [5.74, 6) is 0.971. The number of fused-ring (bicyclic) bond motifs is 1. The van der Waals surface area contributed by atoms with Crippen LogP contribution in [0, 0.1) is 13.8 Å². The number of hydrogen-bond donors (Lipinski definition) is 1. The molecule has 2 aromatic heterocycles. The van der Waals surface area contributed by atoms with E-state index in [1.54, 1.807) is 0 Å². The highest BCUT2D eigenvalue weighted by Crippen LogP contribution is 2.31. The normalized spacial score (nSPS) is 12.6. The SMILES string of the molecule is Cc1nc(Br)ccc1NC(C)c1oc2ccccc2c1C. The quantitative estimate of drug-likeness (QED) is 0.648. The number of rotatable bonds is 3. The molecular weight excluding hydrogens is 328 g/mol. The van der Waals surface area contributed by atoms with Crippen molar-refractivity contribution in [2.45, 2.75) is 26.8 Å². The second kappa shape index (κ2) is 5.53. The third kappa shape index (κ3) is 2.68. The third-order valence-electron chi connectivity index (χ3n) is 3.70. The van der Waals surface area contributed by atoms with Gasteiger partial charge in [0.05, 0.1) is 17.4 Å². The van der Waals surface area contributed by atoms with Crippen molar-refractivity contribution in [1.29, 1.82) is 0 Å². The smallest absolute Gasteiger partial charge is 0.134 e. The van der Waals surface area contributed by atoms with Gasteiger partial charge >= 0.3 is 0 Å². The van der Waals surface area contributed by atoms with Gasteiger partial charge in [0.1, 0.15) is 15.9 Å². The van der Waals surface area contributed by atoms with E-state index in [9.17, 15) is 0 Å². The fraction of sp³-hybridized carbons (Fsp3) is 0.235. The summed E-state index contributed by atoms with van der Waals surface area (Å²) in [4.78, 5) is 4.41. The number of halogens is 1.